The molecule has 148 valence electrons. The van der Waals surface area contributed by atoms with E-state index in [0.717, 1.165) is 47.3 Å². The van der Waals surface area contributed by atoms with Crippen LogP contribution in [-0.2, 0) is 12.8 Å². The first-order chi connectivity index (χ1) is 13.5. The van der Waals surface area contributed by atoms with Crippen molar-refractivity contribution in [3.63, 3.8) is 0 Å². The largest absolute Gasteiger partial charge is 0.392 e. The van der Waals surface area contributed by atoms with Crippen molar-refractivity contribution in [3.8, 4) is 11.1 Å². The SMILES string of the molecule is CN/C(C)=C(\C)CCCc1c(F)cccc1-c1ccc2ncc(CCN)n2c1. The van der Waals surface area contributed by atoms with Gasteiger partial charge in [0.1, 0.15) is 11.5 Å². The van der Waals surface area contributed by atoms with Gasteiger partial charge in [-0.2, -0.15) is 0 Å². The maximum Gasteiger partial charge on any atom is 0.136 e. The lowest BCUT2D eigenvalue weighted by molar-refractivity contribution is 0.604. The van der Waals surface area contributed by atoms with Crippen LogP contribution in [0.4, 0.5) is 4.39 Å². The third-order valence-electron chi connectivity index (χ3n) is 5.41. The number of nitrogens with two attached hydrogens (primary N) is 1. The van der Waals surface area contributed by atoms with E-state index >= 15 is 0 Å². The van der Waals surface area contributed by atoms with Crippen LogP contribution < -0.4 is 11.1 Å². The number of halogens is 1. The Labute approximate surface area is 166 Å². The number of pyridine rings is 1. The van der Waals surface area contributed by atoms with E-state index in [2.05, 4.69) is 28.5 Å². The molecule has 0 bridgehead atoms. The lowest BCUT2D eigenvalue weighted by atomic mass is 9.95. The lowest BCUT2D eigenvalue weighted by Crippen LogP contribution is -2.05. The molecule has 0 aliphatic rings. The van der Waals surface area contributed by atoms with Crippen molar-refractivity contribution in [2.45, 2.75) is 39.5 Å². The monoisotopic (exact) mass is 380 g/mol. The van der Waals surface area contributed by atoms with Gasteiger partial charge in [-0.1, -0.05) is 17.7 Å². The molecule has 0 aliphatic heterocycles. The van der Waals surface area contributed by atoms with Crippen LogP contribution in [0.15, 0.2) is 54.0 Å². The first kappa shape index (κ1) is 20.1. The van der Waals surface area contributed by atoms with Gasteiger partial charge >= 0.3 is 0 Å². The Bertz CT molecular complexity index is 987. The summed E-state index contributed by atoms with van der Waals surface area (Å²) < 4.78 is 16.7. The molecule has 0 spiro atoms. The summed E-state index contributed by atoms with van der Waals surface area (Å²) in [6.07, 6.45) is 7.22. The minimum Gasteiger partial charge on any atom is -0.392 e. The summed E-state index contributed by atoms with van der Waals surface area (Å²) in [4.78, 5) is 4.43. The number of allylic oxidation sites excluding steroid dienone is 2. The molecule has 0 saturated heterocycles. The van der Waals surface area contributed by atoms with Crippen molar-refractivity contribution in [3.05, 3.63) is 71.1 Å². The first-order valence-electron chi connectivity index (χ1n) is 9.83. The average molecular weight is 381 g/mol. The molecule has 0 unspecified atom stereocenters. The Kier molecular flexibility index (Phi) is 6.47. The quantitative estimate of drug-likeness (QED) is 0.606. The van der Waals surface area contributed by atoms with E-state index < -0.39 is 0 Å². The summed E-state index contributed by atoms with van der Waals surface area (Å²) in [5.74, 6) is -0.141. The highest BCUT2D eigenvalue weighted by Gasteiger charge is 2.12. The van der Waals surface area contributed by atoms with Crippen LogP contribution in [0.3, 0.4) is 0 Å². The summed E-state index contributed by atoms with van der Waals surface area (Å²) in [6.45, 7) is 4.77. The van der Waals surface area contributed by atoms with E-state index in [1.807, 2.05) is 37.6 Å². The van der Waals surface area contributed by atoms with Crippen LogP contribution >= 0.6 is 0 Å². The van der Waals surface area contributed by atoms with Gasteiger partial charge in [0.2, 0.25) is 0 Å². The van der Waals surface area contributed by atoms with Crippen LogP contribution in [0, 0.1) is 5.82 Å². The van der Waals surface area contributed by atoms with Gasteiger partial charge in [0.25, 0.3) is 0 Å². The van der Waals surface area contributed by atoms with E-state index in [0.29, 0.717) is 13.0 Å². The molecule has 1 aromatic carbocycles. The summed E-state index contributed by atoms with van der Waals surface area (Å²) in [6, 6.07) is 9.33. The zero-order valence-corrected chi connectivity index (χ0v) is 16.9. The molecule has 0 aliphatic carbocycles. The Morgan fingerprint density at radius 1 is 1.18 bits per heavy atom. The molecule has 0 amide bonds. The van der Waals surface area contributed by atoms with Crippen molar-refractivity contribution in [2.24, 2.45) is 5.73 Å². The van der Waals surface area contributed by atoms with Gasteiger partial charge in [-0.05, 0) is 74.5 Å². The number of nitrogens with zero attached hydrogens (tertiary/aromatic N) is 2. The van der Waals surface area contributed by atoms with Gasteiger partial charge in [-0.15, -0.1) is 0 Å². The number of fused-ring (bicyclic) bond motifs is 1. The number of rotatable bonds is 8. The third-order valence-corrected chi connectivity index (χ3v) is 5.41. The maximum atomic E-state index is 14.7. The normalized spacial score (nSPS) is 12.3. The van der Waals surface area contributed by atoms with Crippen LogP contribution in [0.5, 0.6) is 0 Å². The molecule has 4 nitrogen and oxygen atoms in total. The fraction of sp³-hybridized carbons (Fsp3) is 0.348. The lowest BCUT2D eigenvalue weighted by Gasteiger charge is -2.13. The Hall–Kier alpha value is -2.66. The second-order valence-electron chi connectivity index (χ2n) is 7.21. The number of aromatic nitrogens is 2. The van der Waals surface area contributed by atoms with Crippen LogP contribution in [0.1, 0.15) is 37.9 Å². The van der Waals surface area contributed by atoms with Gasteiger partial charge in [0, 0.05) is 37.3 Å². The Balaban J connectivity index is 1.91. The Morgan fingerprint density at radius 3 is 2.75 bits per heavy atom. The van der Waals surface area contributed by atoms with E-state index in [9.17, 15) is 4.39 Å². The topological polar surface area (TPSA) is 55.3 Å². The van der Waals surface area contributed by atoms with E-state index in [4.69, 9.17) is 5.73 Å². The number of hydrogen-bond acceptors (Lipinski definition) is 3. The van der Waals surface area contributed by atoms with E-state index in [-0.39, 0.29) is 5.82 Å². The molecule has 3 rings (SSSR count). The standard InChI is InChI=1S/C23H29FN4/c1-16(17(2)26-3)6-4-8-21-20(7-5-9-22(21)24)18-10-11-23-27-14-19(12-13-25)28(23)15-18/h5,7,9-11,14-15,26H,4,6,8,12-13,25H2,1-3H3/b17-16+. The van der Waals surface area contributed by atoms with Crippen LogP contribution in [0.2, 0.25) is 0 Å². The molecular weight excluding hydrogens is 351 g/mol. The number of benzene rings is 1. The molecule has 0 saturated carbocycles. The highest BCUT2D eigenvalue weighted by Crippen LogP contribution is 2.28. The van der Waals surface area contributed by atoms with Gasteiger partial charge in [0.15, 0.2) is 0 Å². The highest BCUT2D eigenvalue weighted by atomic mass is 19.1. The zero-order chi connectivity index (χ0) is 20.1. The fourth-order valence-electron chi connectivity index (χ4n) is 3.54. The minimum atomic E-state index is -0.141. The molecule has 0 fully saturated rings. The van der Waals surface area contributed by atoms with Gasteiger partial charge in [0.05, 0.1) is 0 Å². The molecule has 0 atom stereocenters. The molecule has 2 aromatic heterocycles. The van der Waals surface area contributed by atoms with Crippen LogP contribution in [0.25, 0.3) is 16.8 Å². The second-order valence-corrected chi connectivity index (χ2v) is 7.21. The molecular formula is C23H29FN4. The average Bonchev–Trinajstić information content (AvgIpc) is 3.10. The third kappa shape index (κ3) is 4.25. The van der Waals surface area contributed by atoms with Gasteiger partial charge in [-0.3, -0.25) is 0 Å². The predicted octanol–water partition coefficient (Wildman–Crippen LogP) is 4.48. The van der Waals surface area contributed by atoms with Crippen LogP contribution in [-0.4, -0.2) is 23.0 Å². The molecule has 2 heterocycles. The summed E-state index contributed by atoms with van der Waals surface area (Å²) in [7, 11) is 1.93. The van der Waals surface area contributed by atoms with Crippen molar-refractivity contribution >= 4 is 5.65 Å². The smallest absolute Gasteiger partial charge is 0.136 e. The number of nitrogens with one attached hydrogen (secondary N) is 1. The van der Waals surface area contributed by atoms with Crippen molar-refractivity contribution in [2.75, 3.05) is 13.6 Å². The maximum absolute atomic E-state index is 14.7. The van der Waals surface area contributed by atoms with E-state index in [1.54, 1.807) is 12.1 Å². The predicted molar refractivity (Wildman–Crippen MR) is 114 cm³/mol. The number of hydrogen-bond donors (Lipinski definition) is 2. The van der Waals surface area contributed by atoms with Gasteiger partial charge < -0.3 is 15.5 Å². The zero-order valence-electron chi connectivity index (χ0n) is 16.9. The highest BCUT2D eigenvalue weighted by molar-refractivity contribution is 5.68. The van der Waals surface area contributed by atoms with Crippen molar-refractivity contribution in [1.82, 2.24) is 14.7 Å². The second kappa shape index (κ2) is 9.02. The first-order valence-corrected chi connectivity index (χ1v) is 9.83. The Morgan fingerprint density at radius 2 is 2.00 bits per heavy atom. The molecule has 28 heavy (non-hydrogen) atoms. The minimum absolute atomic E-state index is 0.141. The molecule has 0 radical (unpaired) electrons. The van der Waals surface area contributed by atoms with Crippen molar-refractivity contribution in [1.29, 1.82) is 0 Å². The summed E-state index contributed by atoms with van der Waals surface area (Å²) in [5, 5.41) is 3.18. The summed E-state index contributed by atoms with van der Waals surface area (Å²) >= 11 is 0. The van der Waals surface area contributed by atoms with Crippen molar-refractivity contribution < 1.29 is 4.39 Å². The summed E-state index contributed by atoms with van der Waals surface area (Å²) in [5.41, 5.74) is 12.9. The van der Waals surface area contributed by atoms with E-state index in [1.165, 1.54) is 11.3 Å². The number of imidazole rings is 1. The molecule has 5 heteroatoms. The van der Waals surface area contributed by atoms with Gasteiger partial charge in [-0.25, -0.2) is 9.37 Å². The molecule has 3 N–H and O–H groups in total. The molecule has 3 aromatic rings. The fourth-order valence-corrected chi connectivity index (χ4v) is 3.54.